The average Bonchev–Trinajstić information content (AvgIpc) is 2.85. The second-order valence-corrected chi connectivity index (χ2v) is 3.74. The maximum atomic E-state index is 5.37. The van der Waals surface area contributed by atoms with Crippen LogP contribution < -0.4 is 14.8 Å². The number of rotatable bonds is 2. The molecule has 17 heavy (non-hydrogen) atoms. The van der Waals surface area contributed by atoms with Crippen LogP contribution in [0.2, 0.25) is 0 Å². The molecule has 0 saturated carbocycles. The molecule has 88 valence electrons. The van der Waals surface area contributed by atoms with Gasteiger partial charge in [0, 0.05) is 0 Å². The van der Waals surface area contributed by atoms with Crippen molar-refractivity contribution >= 4 is 5.69 Å². The molecule has 5 heteroatoms. The number of hydrogen-bond donors (Lipinski definition) is 1. The lowest BCUT2D eigenvalue weighted by Gasteiger charge is -2.21. The molecule has 0 fully saturated rings. The molecule has 1 aliphatic rings. The van der Waals surface area contributed by atoms with E-state index in [4.69, 9.17) is 14.0 Å². The highest BCUT2D eigenvalue weighted by Gasteiger charge is 2.25. The summed E-state index contributed by atoms with van der Waals surface area (Å²) >= 11 is 0. The predicted molar refractivity (Wildman–Crippen MR) is 62.4 cm³/mol. The number of hydrogen-bond acceptors (Lipinski definition) is 5. The van der Waals surface area contributed by atoms with Gasteiger partial charge in [-0.05, 0) is 12.1 Å². The van der Waals surface area contributed by atoms with Crippen LogP contribution in [0.15, 0.2) is 22.9 Å². The molecular weight excluding hydrogens is 220 g/mol. The third kappa shape index (κ3) is 1.35. The first-order valence-corrected chi connectivity index (χ1v) is 5.28. The summed E-state index contributed by atoms with van der Waals surface area (Å²) in [6.07, 6.45) is 1.71. The fourth-order valence-corrected chi connectivity index (χ4v) is 2.11. The maximum Gasteiger partial charge on any atom is 0.163 e. The Bertz CT molecular complexity index is 563. The minimum Gasteiger partial charge on any atom is -0.496 e. The van der Waals surface area contributed by atoms with E-state index in [9.17, 15) is 0 Å². The van der Waals surface area contributed by atoms with Gasteiger partial charge in [-0.25, -0.2) is 0 Å². The Morgan fingerprint density at radius 2 is 2.00 bits per heavy atom. The minimum absolute atomic E-state index is 0.603. The zero-order valence-electron chi connectivity index (χ0n) is 9.61. The highest BCUT2D eigenvalue weighted by atomic mass is 16.5. The van der Waals surface area contributed by atoms with E-state index in [1.165, 1.54) is 0 Å². The summed E-state index contributed by atoms with van der Waals surface area (Å²) in [7, 11) is 3.29. The second kappa shape index (κ2) is 3.69. The lowest BCUT2D eigenvalue weighted by Crippen LogP contribution is -2.09. The third-order valence-electron chi connectivity index (χ3n) is 2.91. The standard InChI is InChI=1S/C12H12N2O3/c1-15-8-3-4-9(16-2)12-11(8)7-5-14-17-10(7)6-13-12/h3-5,13H,6H2,1-2H3. The first-order chi connectivity index (χ1) is 8.35. The molecule has 3 rings (SSSR count). The molecule has 0 unspecified atom stereocenters. The fourth-order valence-electron chi connectivity index (χ4n) is 2.11. The fraction of sp³-hybridized carbons (Fsp3) is 0.250. The number of ether oxygens (including phenoxy) is 2. The summed E-state index contributed by atoms with van der Waals surface area (Å²) in [5.74, 6) is 2.37. The Kier molecular flexibility index (Phi) is 2.18. The van der Waals surface area contributed by atoms with Crippen LogP contribution in [0.3, 0.4) is 0 Å². The molecule has 1 aromatic heterocycles. The SMILES string of the molecule is COc1ccc(OC)c2c1NCc1oncc1-2. The number of nitrogens with zero attached hydrogens (tertiary/aromatic N) is 1. The van der Waals surface area contributed by atoms with Gasteiger partial charge in [0.05, 0.1) is 43.8 Å². The van der Waals surface area contributed by atoms with Crippen LogP contribution >= 0.6 is 0 Å². The van der Waals surface area contributed by atoms with Crippen LogP contribution in [0.1, 0.15) is 5.76 Å². The number of nitrogens with one attached hydrogen (secondary N) is 1. The number of anilines is 1. The number of aromatic nitrogens is 1. The molecule has 0 bridgehead atoms. The lowest BCUT2D eigenvalue weighted by atomic mass is 9.99. The Balaban J connectivity index is 2.30. The van der Waals surface area contributed by atoms with Crippen LogP contribution in [0.25, 0.3) is 11.1 Å². The largest absolute Gasteiger partial charge is 0.496 e. The lowest BCUT2D eigenvalue weighted by molar-refractivity contribution is 0.385. The van der Waals surface area contributed by atoms with Gasteiger partial charge in [0.1, 0.15) is 11.5 Å². The van der Waals surface area contributed by atoms with E-state index in [1.54, 1.807) is 20.4 Å². The van der Waals surface area contributed by atoms with Crippen molar-refractivity contribution in [2.75, 3.05) is 19.5 Å². The van der Waals surface area contributed by atoms with E-state index in [0.29, 0.717) is 6.54 Å². The van der Waals surface area contributed by atoms with Crippen molar-refractivity contribution in [1.82, 2.24) is 5.16 Å². The molecule has 1 N–H and O–H groups in total. The third-order valence-corrected chi connectivity index (χ3v) is 2.91. The smallest absolute Gasteiger partial charge is 0.163 e. The molecule has 0 amide bonds. The zero-order chi connectivity index (χ0) is 11.8. The highest BCUT2D eigenvalue weighted by Crippen LogP contribution is 2.46. The van der Waals surface area contributed by atoms with Crippen LogP contribution in [0.4, 0.5) is 5.69 Å². The Morgan fingerprint density at radius 3 is 2.76 bits per heavy atom. The molecule has 1 aliphatic heterocycles. The van der Waals surface area contributed by atoms with Crippen molar-refractivity contribution in [3.8, 4) is 22.6 Å². The van der Waals surface area contributed by atoms with Crippen molar-refractivity contribution in [2.45, 2.75) is 6.54 Å². The van der Waals surface area contributed by atoms with Gasteiger partial charge in [-0.2, -0.15) is 0 Å². The number of benzene rings is 1. The monoisotopic (exact) mass is 232 g/mol. The van der Waals surface area contributed by atoms with E-state index in [2.05, 4.69) is 10.5 Å². The van der Waals surface area contributed by atoms with Crippen molar-refractivity contribution in [1.29, 1.82) is 0 Å². The molecule has 2 heterocycles. The first-order valence-electron chi connectivity index (χ1n) is 5.28. The quantitative estimate of drug-likeness (QED) is 0.860. The zero-order valence-corrected chi connectivity index (χ0v) is 9.61. The Labute approximate surface area is 98.3 Å². The van der Waals surface area contributed by atoms with Crippen LogP contribution in [0.5, 0.6) is 11.5 Å². The Hall–Kier alpha value is -2.17. The minimum atomic E-state index is 0.603. The van der Waals surface area contributed by atoms with E-state index >= 15 is 0 Å². The average molecular weight is 232 g/mol. The Morgan fingerprint density at radius 1 is 1.24 bits per heavy atom. The summed E-state index contributed by atoms with van der Waals surface area (Å²) in [5, 5.41) is 7.08. The van der Waals surface area contributed by atoms with Gasteiger partial charge in [0.2, 0.25) is 0 Å². The molecule has 0 spiro atoms. The highest BCUT2D eigenvalue weighted by molar-refractivity contribution is 5.89. The van der Waals surface area contributed by atoms with E-state index in [1.807, 2.05) is 12.1 Å². The molecule has 2 aromatic rings. The topological polar surface area (TPSA) is 56.5 Å². The van der Waals surface area contributed by atoms with Crippen molar-refractivity contribution in [3.63, 3.8) is 0 Å². The molecule has 5 nitrogen and oxygen atoms in total. The molecular formula is C12H12N2O3. The van der Waals surface area contributed by atoms with Gasteiger partial charge >= 0.3 is 0 Å². The number of methoxy groups -OCH3 is 2. The molecule has 1 aromatic carbocycles. The van der Waals surface area contributed by atoms with Gasteiger partial charge in [-0.1, -0.05) is 5.16 Å². The van der Waals surface area contributed by atoms with Gasteiger partial charge in [0.25, 0.3) is 0 Å². The summed E-state index contributed by atoms with van der Waals surface area (Å²) in [4.78, 5) is 0. The summed E-state index contributed by atoms with van der Waals surface area (Å²) < 4.78 is 15.9. The van der Waals surface area contributed by atoms with Crippen molar-refractivity contribution in [3.05, 3.63) is 24.1 Å². The predicted octanol–water partition coefficient (Wildman–Crippen LogP) is 2.28. The van der Waals surface area contributed by atoms with E-state index in [-0.39, 0.29) is 0 Å². The van der Waals surface area contributed by atoms with Gasteiger partial charge in [-0.15, -0.1) is 0 Å². The van der Waals surface area contributed by atoms with E-state index in [0.717, 1.165) is 34.1 Å². The van der Waals surface area contributed by atoms with Gasteiger partial charge < -0.3 is 19.3 Å². The second-order valence-electron chi connectivity index (χ2n) is 3.74. The first kappa shape index (κ1) is 10.0. The summed E-state index contributed by atoms with van der Waals surface area (Å²) in [6.45, 7) is 0.603. The summed E-state index contributed by atoms with van der Waals surface area (Å²) in [5.41, 5.74) is 2.81. The van der Waals surface area contributed by atoms with Gasteiger partial charge in [-0.3, -0.25) is 0 Å². The molecule has 0 aliphatic carbocycles. The molecule has 0 saturated heterocycles. The van der Waals surface area contributed by atoms with E-state index < -0.39 is 0 Å². The van der Waals surface area contributed by atoms with Crippen LogP contribution in [0, 0.1) is 0 Å². The molecule has 0 radical (unpaired) electrons. The maximum absolute atomic E-state index is 5.37. The molecule has 0 atom stereocenters. The van der Waals surface area contributed by atoms with Crippen LogP contribution in [-0.4, -0.2) is 19.4 Å². The summed E-state index contributed by atoms with van der Waals surface area (Å²) in [6, 6.07) is 3.75. The van der Waals surface area contributed by atoms with Gasteiger partial charge in [0.15, 0.2) is 5.76 Å². The number of fused-ring (bicyclic) bond motifs is 3. The van der Waals surface area contributed by atoms with Crippen molar-refractivity contribution < 1.29 is 14.0 Å². The van der Waals surface area contributed by atoms with Crippen molar-refractivity contribution in [2.24, 2.45) is 0 Å². The normalized spacial score (nSPS) is 12.4. The van der Waals surface area contributed by atoms with Crippen LogP contribution in [-0.2, 0) is 6.54 Å².